The van der Waals surface area contributed by atoms with Crippen LogP contribution in [0.25, 0.3) is 0 Å². The Bertz CT molecular complexity index is 884. The summed E-state index contributed by atoms with van der Waals surface area (Å²) >= 11 is 4.65. The van der Waals surface area contributed by atoms with E-state index in [4.69, 9.17) is 31.6 Å². The topological polar surface area (TPSA) is 143 Å². The molecule has 0 amide bonds. The number of hydrogen-bond acceptors (Lipinski definition) is 6. The van der Waals surface area contributed by atoms with E-state index in [0.29, 0.717) is 10.6 Å². The molecule has 0 aliphatic rings. The van der Waals surface area contributed by atoms with Gasteiger partial charge in [0.15, 0.2) is 0 Å². The van der Waals surface area contributed by atoms with Crippen LogP contribution in [0.15, 0.2) is 60.7 Å². The molecule has 0 heterocycles. The molecular weight excluding hydrogens is 722 g/mol. The third-order valence-corrected chi connectivity index (χ3v) is 7.13. The first-order valence-corrected chi connectivity index (χ1v) is 20.0. The predicted octanol–water partition coefficient (Wildman–Crippen LogP) is 5.31. The fourth-order valence-corrected chi connectivity index (χ4v) is 3.98. The Morgan fingerprint density at radius 1 is 0.517 bits per heavy atom. The molecule has 0 radical (unpaired) electrons. The molecule has 0 saturated heterocycles. The van der Waals surface area contributed by atoms with E-state index in [0.717, 1.165) is 10.8 Å². The Morgan fingerprint density at radius 3 is 0.897 bits per heavy atom. The minimum absolute atomic E-state index is 0.530. The summed E-state index contributed by atoms with van der Waals surface area (Å²) in [5, 5.41) is 53.8. The van der Waals surface area contributed by atoms with E-state index in [1.54, 1.807) is 60.7 Å². The molecule has 144 valence electrons. The number of hydrogen-bond donors (Lipinski definition) is 0. The zero-order valence-corrected chi connectivity index (χ0v) is 22.1. The second-order valence-electron chi connectivity index (χ2n) is 4.66. The second-order valence-corrected chi connectivity index (χ2v) is 21.6. The maximum atomic E-state index is 8.78. The number of halogens is 2. The molecule has 0 N–H and O–H groups in total. The van der Waals surface area contributed by atoms with E-state index in [1.165, 1.54) is 0 Å². The van der Waals surface area contributed by atoms with Crippen molar-refractivity contribution in [1.82, 2.24) is 0 Å². The number of benzene rings is 2. The third-order valence-electron chi connectivity index (χ3n) is 3.19. The van der Waals surface area contributed by atoms with Crippen molar-refractivity contribution in [2.24, 2.45) is 0 Å². The van der Waals surface area contributed by atoms with Crippen molar-refractivity contribution in [3.63, 3.8) is 0 Å². The van der Waals surface area contributed by atoms with E-state index < -0.39 is 14.5 Å². The Balaban J connectivity index is 0.000000477. The van der Waals surface area contributed by atoms with Crippen LogP contribution in [-0.4, -0.2) is 0 Å². The van der Waals surface area contributed by atoms with E-state index in [-0.39, 0.29) is 0 Å². The second kappa shape index (κ2) is 15.2. The first-order valence-electron chi connectivity index (χ1n) is 7.19. The third kappa shape index (κ3) is 7.95. The average Bonchev–Trinajstić information content (AvgIpc) is 2.80. The summed E-state index contributed by atoms with van der Waals surface area (Å²) in [4.78, 5) is 0. The van der Waals surface area contributed by atoms with Gasteiger partial charge in [-0.15, -0.1) is 31.6 Å². The van der Waals surface area contributed by atoms with E-state index in [2.05, 4.69) is 39.0 Å². The molecular formula is C18H10I2N6P2Pd+2. The van der Waals surface area contributed by atoms with Gasteiger partial charge in [-0.05, 0) is 24.3 Å². The van der Waals surface area contributed by atoms with Crippen molar-refractivity contribution < 1.29 is 10.8 Å². The van der Waals surface area contributed by atoms with Crippen LogP contribution in [0, 0.1) is 66.4 Å². The summed E-state index contributed by atoms with van der Waals surface area (Å²) in [5.41, 5.74) is 0. The summed E-state index contributed by atoms with van der Waals surface area (Å²) in [6.45, 7) is 0. The molecule has 0 saturated carbocycles. The van der Waals surface area contributed by atoms with Gasteiger partial charge in [0.05, 0.1) is 0 Å². The van der Waals surface area contributed by atoms with Gasteiger partial charge in [0, 0.05) is 0 Å². The van der Waals surface area contributed by atoms with Crippen molar-refractivity contribution in [3.8, 4) is 34.9 Å². The van der Waals surface area contributed by atoms with Crippen molar-refractivity contribution in [1.29, 1.82) is 31.6 Å². The monoisotopic (exact) mass is 732 g/mol. The minimum atomic E-state index is -2.87. The van der Waals surface area contributed by atoms with Gasteiger partial charge in [0.2, 0.25) is 0 Å². The fraction of sp³-hybridized carbons (Fsp3) is 0. The van der Waals surface area contributed by atoms with E-state index >= 15 is 0 Å². The molecule has 0 aromatic heterocycles. The molecule has 29 heavy (non-hydrogen) atoms. The Hall–Kier alpha value is -1.64. The van der Waals surface area contributed by atoms with Gasteiger partial charge in [-0.1, -0.05) is 36.4 Å². The summed E-state index contributed by atoms with van der Waals surface area (Å²) in [5.74, 6) is 10.9. The van der Waals surface area contributed by atoms with Crippen LogP contribution >= 0.6 is 53.6 Å². The number of nitrogens with zero attached hydrogens (tertiary/aromatic N) is 6. The fourth-order valence-electron chi connectivity index (χ4n) is 1.78. The van der Waals surface area contributed by atoms with E-state index in [1.807, 2.05) is 34.9 Å². The van der Waals surface area contributed by atoms with Gasteiger partial charge in [-0.25, -0.2) is 0 Å². The van der Waals surface area contributed by atoms with Gasteiger partial charge >= 0.3 is 64.3 Å². The van der Waals surface area contributed by atoms with Gasteiger partial charge < -0.3 is 0 Å². The Labute approximate surface area is 200 Å². The van der Waals surface area contributed by atoms with Crippen LogP contribution in [0.3, 0.4) is 0 Å². The quantitative estimate of drug-likeness (QED) is 0.233. The summed E-state index contributed by atoms with van der Waals surface area (Å²) in [6, 6.07) is 17.0. The molecule has 2 rings (SSSR count). The molecule has 0 aliphatic heterocycles. The van der Waals surface area contributed by atoms with Crippen LogP contribution in [-0.2, 0) is 10.8 Å². The van der Waals surface area contributed by atoms with Crippen LogP contribution in [0.5, 0.6) is 0 Å². The van der Waals surface area contributed by atoms with Crippen LogP contribution in [0.1, 0.15) is 0 Å². The standard InChI is InChI=1S/2C9H5N3P.2HI.Pd/c2*10-6-13(7-11,8-12)9-4-2-1-3-5-9;;;/h2*1-5H;2*1H;/q2*+1;;;+2/p-2. The molecule has 0 spiro atoms. The molecule has 0 bridgehead atoms. The van der Waals surface area contributed by atoms with E-state index in [9.17, 15) is 0 Å². The van der Waals surface area contributed by atoms with Gasteiger partial charge in [-0.3, -0.25) is 0 Å². The predicted molar refractivity (Wildman–Crippen MR) is 128 cm³/mol. The molecule has 2 aromatic rings. The summed E-state index contributed by atoms with van der Waals surface area (Å²) < 4.78 is 0. The Morgan fingerprint density at radius 2 is 0.724 bits per heavy atom. The zero-order valence-electron chi connectivity index (χ0n) is 14.4. The molecule has 11 heteroatoms. The Kier molecular flexibility index (Phi) is 14.4. The molecule has 0 fully saturated rings. The van der Waals surface area contributed by atoms with Crippen molar-refractivity contribution in [2.75, 3.05) is 0 Å². The molecule has 0 atom stereocenters. The zero-order chi connectivity index (χ0) is 22.2. The molecule has 0 aliphatic carbocycles. The van der Waals surface area contributed by atoms with Crippen molar-refractivity contribution in [3.05, 3.63) is 60.7 Å². The summed E-state index contributed by atoms with van der Waals surface area (Å²) in [7, 11) is -4.86. The van der Waals surface area contributed by atoms with Crippen LogP contribution in [0.2, 0.25) is 0 Å². The van der Waals surface area contributed by atoms with Crippen LogP contribution in [0.4, 0.5) is 0 Å². The van der Waals surface area contributed by atoms with Crippen molar-refractivity contribution >= 4 is 64.2 Å². The average molecular weight is 732 g/mol. The van der Waals surface area contributed by atoms with Crippen LogP contribution < -0.4 is 10.6 Å². The van der Waals surface area contributed by atoms with Gasteiger partial charge in [-0.2, -0.15) is 0 Å². The SMILES string of the molecule is N#C[P+](C#N)(C#N)c1ccccc1.N#C[P+](C#N)(C#N)c1ccccc1.[I][Pd][I]. The normalized spacial score (nSPS) is 9.10. The first kappa shape index (κ1) is 27.4. The summed E-state index contributed by atoms with van der Waals surface area (Å²) in [6.07, 6.45) is 0. The van der Waals surface area contributed by atoms with Crippen molar-refractivity contribution in [2.45, 2.75) is 0 Å². The number of rotatable bonds is 2. The maximum absolute atomic E-state index is 8.78. The first-order chi connectivity index (χ1) is 14.0. The molecule has 2 aromatic carbocycles. The molecule has 0 unspecified atom stereocenters. The van der Waals surface area contributed by atoms with Gasteiger partial charge in [0.1, 0.15) is 10.6 Å². The van der Waals surface area contributed by atoms with Gasteiger partial charge in [0.25, 0.3) is 34.9 Å². The molecule has 6 nitrogen and oxygen atoms in total. The number of nitriles is 6.